The first-order valence-corrected chi connectivity index (χ1v) is 6.95. The van der Waals surface area contributed by atoms with Gasteiger partial charge in [-0.1, -0.05) is 34.8 Å². The third-order valence-electron chi connectivity index (χ3n) is 3.34. The highest BCUT2D eigenvalue weighted by Crippen LogP contribution is 2.43. The summed E-state index contributed by atoms with van der Waals surface area (Å²) in [6.07, 6.45) is 5.25. The molecular weight excluding hydrogens is 274 g/mol. The molecule has 0 bridgehead atoms. The number of rotatable bonds is 2. The maximum Gasteiger partial charge on any atom is 0.190 e. The molecule has 0 heterocycles. The zero-order chi connectivity index (χ0) is 11.7. The predicted octanol–water partition coefficient (Wildman–Crippen LogP) is 5.57. The van der Waals surface area contributed by atoms with Crippen LogP contribution in [0.5, 0.6) is 0 Å². The van der Waals surface area contributed by atoms with Gasteiger partial charge >= 0.3 is 0 Å². The molecule has 1 saturated carbocycles. The summed E-state index contributed by atoms with van der Waals surface area (Å²) < 4.78 is -1.09. The summed E-state index contributed by atoms with van der Waals surface area (Å²) >= 11 is 23.7. The van der Waals surface area contributed by atoms with E-state index in [2.05, 4.69) is 13.8 Å². The topological polar surface area (TPSA) is 0 Å². The Morgan fingerprint density at radius 3 is 1.73 bits per heavy atom. The Bertz CT molecular complexity index is 194. The zero-order valence-electron chi connectivity index (χ0n) is 9.20. The second kappa shape index (κ2) is 5.21. The molecule has 0 N–H and O–H groups in total. The summed E-state index contributed by atoms with van der Waals surface area (Å²) in [5.74, 6) is 1.15. The first kappa shape index (κ1) is 14.2. The van der Waals surface area contributed by atoms with Crippen molar-refractivity contribution in [3.8, 4) is 0 Å². The molecule has 4 heteroatoms. The van der Waals surface area contributed by atoms with Crippen molar-refractivity contribution >= 4 is 46.4 Å². The number of halogens is 4. The molecule has 0 spiro atoms. The molecule has 0 aromatic rings. The molecule has 1 aliphatic rings. The minimum absolute atomic E-state index is 0.0923. The fourth-order valence-electron chi connectivity index (χ4n) is 2.38. The minimum Gasteiger partial charge on any atom is -0.120 e. The van der Waals surface area contributed by atoms with Crippen LogP contribution in [-0.2, 0) is 0 Å². The predicted molar refractivity (Wildman–Crippen MR) is 70.3 cm³/mol. The van der Waals surface area contributed by atoms with E-state index in [4.69, 9.17) is 46.4 Å². The molecule has 0 aromatic heterocycles. The zero-order valence-corrected chi connectivity index (χ0v) is 12.2. The van der Waals surface area contributed by atoms with Gasteiger partial charge in [0.05, 0.1) is 0 Å². The summed E-state index contributed by atoms with van der Waals surface area (Å²) in [5, 5.41) is 0. The molecule has 0 aromatic carbocycles. The minimum atomic E-state index is -1.09. The Hall–Kier alpha value is 1.16. The van der Waals surface area contributed by atoms with Crippen LogP contribution >= 0.6 is 46.4 Å². The van der Waals surface area contributed by atoms with E-state index < -0.39 is 3.79 Å². The van der Waals surface area contributed by atoms with Gasteiger partial charge < -0.3 is 0 Å². The Balaban J connectivity index is 2.37. The van der Waals surface area contributed by atoms with Crippen LogP contribution in [0.1, 0.15) is 46.0 Å². The molecular formula is C11H18Cl4. The van der Waals surface area contributed by atoms with E-state index >= 15 is 0 Å². The van der Waals surface area contributed by atoms with Crippen LogP contribution in [0.2, 0.25) is 0 Å². The van der Waals surface area contributed by atoms with Crippen LogP contribution in [0.3, 0.4) is 0 Å². The van der Waals surface area contributed by atoms with Crippen molar-refractivity contribution in [3.63, 3.8) is 0 Å². The van der Waals surface area contributed by atoms with Gasteiger partial charge in [-0.2, -0.15) is 0 Å². The fourth-order valence-corrected chi connectivity index (χ4v) is 3.25. The monoisotopic (exact) mass is 290 g/mol. The van der Waals surface area contributed by atoms with Crippen molar-refractivity contribution in [2.24, 2.45) is 11.8 Å². The van der Waals surface area contributed by atoms with Crippen LogP contribution in [-0.4, -0.2) is 8.67 Å². The van der Waals surface area contributed by atoms with Crippen LogP contribution in [0.4, 0.5) is 0 Å². The fraction of sp³-hybridized carbons (Fsp3) is 1.00. The summed E-state index contributed by atoms with van der Waals surface area (Å²) in [4.78, 5) is -0.0923. The number of hydrogen-bond acceptors (Lipinski definition) is 0. The largest absolute Gasteiger partial charge is 0.190 e. The molecule has 0 nitrogen and oxygen atoms in total. The second-order valence-corrected chi connectivity index (χ2v) is 8.59. The van der Waals surface area contributed by atoms with Crippen molar-refractivity contribution in [2.45, 2.75) is 54.6 Å². The van der Waals surface area contributed by atoms with Gasteiger partial charge in [-0.3, -0.25) is 0 Å². The maximum atomic E-state index is 6.31. The smallest absolute Gasteiger partial charge is 0.120 e. The molecule has 1 fully saturated rings. The van der Waals surface area contributed by atoms with Crippen LogP contribution in [0, 0.1) is 11.8 Å². The highest BCUT2D eigenvalue weighted by atomic mass is 35.6. The SMILES string of the molecule is CC(C)(Cl)C1CCC(CC(Cl)(Cl)Cl)CC1. The Morgan fingerprint density at radius 1 is 0.933 bits per heavy atom. The van der Waals surface area contributed by atoms with Crippen molar-refractivity contribution < 1.29 is 0 Å². The van der Waals surface area contributed by atoms with Gasteiger partial charge in [-0.25, -0.2) is 0 Å². The molecule has 90 valence electrons. The normalized spacial score (nSPS) is 29.2. The highest BCUT2D eigenvalue weighted by molar-refractivity contribution is 6.67. The number of hydrogen-bond donors (Lipinski definition) is 0. The summed E-state index contributed by atoms with van der Waals surface area (Å²) in [5.41, 5.74) is 0. The lowest BCUT2D eigenvalue weighted by Crippen LogP contribution is -2.30. The Morgan fingerprint density at radius 2 is 1.40 bits per heavy atom. The molecule has 0 radical (unpaired) electrons. The Kier molecular flexibility index (Phi) is 4.94. The average Bonchev–Trinajstić information content (AvgIpc) is 2.00. The van der Waals surface area contributed by atoms with Crippen LogP contribution in [0.15, 0.2) is 0 Å². The van der Waals surface area contributed by atoms with E-state index in [1.54, 1.807) is 0 Å². The van der Waals surface area contributed by atoms with Gasteiger partial charge in [-0.05, 0) is 57.8 Å². The first-order valence-electron chi connectivity index (χ1n) is 5.44. The highest BCUT2D eigenvalue weighted by Gasteiger charge is 2.34. The van der Waals surface area contributed by atoms with E-state index in [9.17, 15) is 0 Å². The lowest BCUT2D eigenvalue weighted by Gasteiger charge is -2.36. The molecule has 1 aliphatic carbocycles. The van der Waals surface area contributed by atoms with Gasteiger partial charge in [0.1, 0.15) is 0 Å². The quantitative estimate of drug-likeness (QED) is 0.583. The molecule has 0 unspecified atom stereocenters. The summed E-state index contributed by atoms with van der Waals surface area (Å²) in [6.45, 7) is 4.18. The molecule has 0 aliphatic heterocycles. The van der Waals surface area contributed by atoms with E-state index in [0.717, 1.165) is 25.7 Å². The maximum absolute atomic E-state index is 6.31. The van der Waals surface area contributed by atoms with E-state index in [0.29, 0.717) is 18.3 Å². The van der Waals surface area contributed by atoms with Gasteiger partial charge in [-0.15, -0.1) is 11.6 Å². The van der Waals surface area contributed by atoms with Gasteiger partial charge in [0.15, 0.2) is 3.79 Å². The van der Waals surface area contributed by atoms with Gasteiger partial charge in [0.2, 0.25) is 0 Å². The van der Waals surface area contributed by atoms with Crippen molar-refractivity contribution in [1.29, 1.82) is 0 Å². The van der Waals surface area contributed by atoms with Crippen LogP contribution in [0.25, 0.3) is 0 Å². The summed E-state index contributed by atoms with van der Waals surface area (Å²) in [7, 11) is 0. The lowest BCUT2D eigenvalue weighted by molar-refractivity contribution is 0.231. The molecule has 0 atom stereocenters. The summed E-state index contributed by atoms with van der Waals surface area (Å²) in [6, 6.07) is 0. The average molecular weight is 292 g/mol. The third-order valence-corrected chi connectivity index (χ3v) is 4.11. The van der Waals surface area contributed by atoms with Crippen LogP contribution < -0.4 is 0 Å². The lowest BCUT2D eigenvalue weighted by atomic mass is 9.76. The molecule has 0 amide bonds. The molecule has 15 heavy (non-hydrogen) atoms. The number of alkyl halides is 4. The van der Waals surface area contributed by atoms with Crippen molar-refractivity contribution in [2.75, 3.05) is 0 Å². The van der Waals surface area contributed by atoms with Crippen molar-refractivity contribution in [3.05, 3.63) is 0 Å². The van der Waals surface area contributed by atoms with E-state index in [1.165, 1.54) is 0 Å². The molecule has 0 saturated heterocycles. The van der Waals surface area contributed by atoms with E-state index in [-0.39, 0.29) is 4.87 Å². The van der Waals surface area contributed by atoms with Crippen molar-refractivity contribution in [1.82, 2.24) is 0 Å². The van der Waals surface area contributed by atoms with Gasteiger partial charge in [0.25, 0.3) is 0 Å². The Labute approximate surface area is 113 Å². The second-order valence-electron chi connectivity index (χ2n) is 5.10. The standard InChI is InChI=1S/C11H18Cl4/c1-10(2,12)9-5-3-8(4-6-9)7-11(13,14)15/h8-9H,3-7H2,1-2H3. The third kappa shape index (κ3) is 5.35. The van der Waals surface area contributed by atoms with E-state index in [1.807, 2.05) is 0 Å². The first-order chi connectivity index (χ1) is 6.68. The van der Waals surface area contributed by atoms with Gasteiger partial charge in [0, 0.05) is 4.87 Å². The molecule has 1 rings (SSSR count).